The Morgan fingerprint density at radius 2 is 1.95 bits per heavy atom. The summed E-state index contributed by atoms with van der Waals surface area (Å²) in [5, 5.41) is 18.5. The molecule has 0 unspecified atom stereocenters. The van der Waals surface area contributed by atoms with Gasteiger partial charge in [0.2, 0.25) is 0 Å². The van der Waals surface area contributed by atoms with Crippen molar-refractivity contribution in [3.63, 3.8) is 0 Å². The van der Waals surface area contributed by atoms with Crippen LogP contribution in [0, 0.1) is 0 Å². The van der Waals surface area contributed by atoms with Gasteiger partial charge >= 0.3 is 0 Å². The minimum Gasteiger partial charge on any atom is -0.387 e. The van der Waals surface area contributed by atoms with Gasteiger partial charge in [-0.15, -0.1) is 0 Å². The molecular formula is C16H22ClN3O. The molecule has 1 atom stereocenters. The average Bonchev–Trinajstić information content (AvgIpc) is 2.76. The van der Waals surface area contributed by atoms with Gasteiger partial charge in [0.1, 0.15) is 5.15 Å². The molecule has 0 saturated carbocycles. The van der Waals surface area contributed by atoms with Crippen LogP contribution in [0.4, 0.5) is 0 Å². The Labute approximate surface area is 130 Å². The van der Waals surface area contributed by atoms with Gasteiger partial charge in [-0.05, 0) is 11.5 Å². The molecule has 2 N–H and O–H groups in total. The maximum atomic E-state index is 10.1. The number of hydrogen-bond acceptors (Lipinski definition) is 3. The monoisotopic (exact) mass is 307 g/mol. The number of aryl methyl sites for hydroxylation is 1. The third-order valence-electron chi connectivity index (χ3n) is 3.47. The van der Waals surface area contributed by atoms with Crippen molar-refractivity contribution in [2.75, 3.05) is 6.54 Å². The molecule has 0 radical (unpaired) electrons. The maximum Gasteiger partial charge on any atom is 0.131 e. The number of aliphatic hydroxyl groups is 1. The van der Waals surface area contributed by atoms with E-state index in [4.69, 9.17) is 11.6 Å². The first-order valence-electron chi connectivity index (χ1n) is 7.15. The van der Waals surface area contributed by atoms with Crippen LogP contribution >= 0.6 is 11.6 Å². The third-order valence-corrected chi connectivity index (χ3v) is 3.94. The fraction of sp³-hybridized carbons (Fsp3) is 0.438. The lowest BCUT2D eigenvalue weighted by molar-refractivity contribution is 0.174. The van der Waals surface area contributed by atoms with Crippen LogP contribution in [0.3, 0.4) is 0 Å². The van der Waals surface area contributed by atoms with Crippen molar-refractivity contribution in [2.45, 2.75) is 32.4 Å². The predicted octanol–water partition coefficient (Wildman–Crippen LogP) is 3.02. The standard InChI is InChI=1S/C16H22ClN3O/c1-11(2)15-13(16(17)20(3)19-15)9-18-10-14(21)12-7-5-4-6-8-12/h4-8,11,14,18,21H,9-10H2,1-3H3/t14-/m1/s1. The van der Waals surface area contributed by atoms with Gasteiger partial charge in [0.05, 0.1) is 11.8 Å². The van der Waals surface area contributed by atoms with E-state index in [-0.39, 0.29) is 0 Å². The van der Waals surface area contributed by atoms with Crippen LogP contribution in [0.15, 0.2) is 30.3 Å². The summed E-state index contributed by atoms with van der Waals surface area (Å²) >= 11 is 6.29. The molecule has 0 aliphatic heterocycles. The van der Waals surface area contributed by atoms with Crippen LogP contribution in [0.2, 0.25) is 5.15 Å². The van der Waals surface area contributed by atoms with E-state index in [1.807, 2.05) is 37.4 Å². The molecule has 21 heavy (non-hydrogen) atoms. The Hall–Kier alpha value is -1.36. The molecule has 0 spiro atoms. The lowest BCUT2D eigenvalue weighted by Crippen LogP contribution is -2.21. The SMILES string of the molecule is CC(C)c1nn(C)c(Cl)c1CNC[C@@H](O)c1ccccc1. The lowest BCUT2D eigenvalue weighted by Gasteiger charge is -2.13. The second kappa shape index (κ2) is 7.07. The number of aliphatic hydroxyl groups excluding tert-OH is 1. The van der Waals surface area contributed by atoms with E-state index in [2.05, 4.69) is 24.3 Å². The van der Waals surface area contributed by atoms with Gasteiger partial charge in [-0.1, -0.05) is 55.8 Å². The molecule has 0 aliphatic carbocycles. The highest BCUT2D eigenvalue weighted by Crippen LogP contribution is 2.25. The molecule has 0 fully saturated rings. The van der Waals surface area contributed by atoms with Crippen LogP contribution in [-0.2, 0) is 13.6 Å². The summed E-state index contributed by atoms with van der Waals surface area (Å²) in [6.07, 6.45) is -0.524. The molecule has 0 saturated heterocycles. The Balaban J connectivity index is 1.98. The van der Waals surface area contributed by atoms with Gasteiger partial charge in [-0.2, -0.15) is 5.10 Å². The fourth-order valence-electron chi connectivity index (χ4n) is 2.32. The highest BCUT2D eigenvalue weighted by molar-refractivity contribution is 6.30. The molecule has 0 aliphatic rings. The number of benzene rings is 1. The topological polar surface area (TPSA) is 50.1 Å². The number of aromatic nitrogens is 2. The predicted molar refractivity (Wildman–Crippen MR) is 85.4 cm³/mol. The second-order valence-electron chi connectivity index (χ2n) is 5.49. The molecule has 2 rings (SSSR count). The van der Waals surface area contributed by atoms with Crippen molar-refractivity contribution in [3.05, 3.63) is 52.3 Å². The fourth-order valence-corrected chi connectivity index (χ4v) is 2.52. The van der Waals surface area contributed by atoms with E-state index in [1.165, 1.54) is 0 Å². The summed E-state index contributed by atoms with van der Waals surface area (Å²) in [5.74, 6) is 0.319. The van der Waals surface area contributed by atoms with Gasteiger partial charge in [0.25, 0.3) is 0 Å². The second-order valence-corrected chi connectivity index (χ2v) is 5.85. The zero-order valence-corrected chi connectivity index (χ0v) is 13.4. The Morgan fingerprint density at radius 1 is 1.29 bits per heavy atom. The first-order chi connectivity index (χ1) is 10.0. The van der Waals surface area contributed by atoms with E-state index in [9.17, 15) is 5.11 Å². The highest BCUT2D eigenvalue weighted by atomic mass is 35.5. The lowest BCUT2D eigenvalue weighted by atomic mass is 10.1. The quantitative estimate of drug-likeness (QED) is 0.862. The van der Waals surface area contributed by atoms with Gasteiger partial charge in [0.15, 0.2) is 0 Å². The molecular weight excluding hydrogens is 286 g/mol. The van der Waals surface area contributed by atoms with Gasteiger partial charge < -0.3 is 10.4 Å². The summed E-state index contributed by atoms with van der Waals surface area (Å²) in [7, 11) is 1.84. The molecule has 1 aromatic heterocycles. The van der Waals surface area contributed by atoms with Crippen molar-refractivity contribution in [1.82, 2.24) is 15.1 Å². The van der Waals surface area contributed by atoms with E-state index in [1.54, 1.807) is 4.68 Å². The molecule has 1 heterocycles. The van der Waals surface area contributed by atoms with Gasteiger partial charge in [0, 0.05) is 25.7 Å². The van der Waals surface area contributed by atoms with E-state index in [0.29, 0.717) is 24.2 Å². The zero-order chi connectivity index (χ0) is 15.4. The van der Waals surface area contributed by atoms with Crippen molar-refractivity contribution < 1.29 is 5.11 Å². The molecule has 114 valence electrons. The van der Waals surface area contributed by atoms with Crippen molar-refractivity contribution in [3.8, 4) is 0 Å². The highest BCUT2D eigenvalue weighted by Gasteiger charge is 2.17. The van der Waals surface area contributed by atoms with Crippen molar-refractivity contribution in [2.24, 2.45) is 7.05 Å². The molecule has 0 amide bonds. The summed E-state index contributed by atoms with van der Waals surface area (Å²) in [5.41, 5.74) is 2.92. The minimum absolute atomic E-state index is 0.319. The first-order valence-corrected chi connectivity index (χ1v) is 7.53. The number of nitrogens with one attached hydrogen (secondary N) is 1. The molecule has 5 heteroatoms. The third kappa shape index (κ3) is 3.84. The number of halogens is 1. The number of hydrogen-bond donors (Lipinski definition) is 2. The van der Waals surface area contributed by atoms with Gasteiger partial charge in [-0.25, -0.2) is 0 Å². The average molecular weight is 308 g/mol. The van der Waals surface area contributed by atoms with E-state index >= 15 is 0 Å². The maximum absolute atomic E-state index is 10.1. The normalized spacial score (nSPS) is 12.9. The van der Waals surface area contributed by atoms with Crippen LogP contribution in [0.1, 0.15) is 42.7 Å². The van der Waals surface area contributed by atoms with E-state index in [0.717, 1.165) is 16.8 Å². The van der Waals surface area contributed by atoms with Crippen LogP contribution in [0.5, 0.6) is 0 Å². The van der Waals surface area contributed by atoms with Gasteiger partial charge in [-0.3, -0.25) is 4.68 Å². The Morgan fingerprint density at radius 3 is 2.57 bits per heavy atom. The Bertz CT molecular complexity index is 581. The molecule has 0 bridgehead atoms. The Kier molecular flexibility index (Phi) is 5.39. The minimum atomic E-state index is -0.524. The van der Waals surface area contributed by atoms with Crippen LogP contribution in [-0.4, -0.2) is 21.4 Å². The molecule has 2 aromatic rings. The van der Waals surface area contributed by atoms with E-state index < -0.39 is 6.10 Å². The van der Waals surface area contributed by atoms with Crippen LogP contribution < -0.4 is 5.32 Å². The first kappa shape index (κ1) is 16.0. The van der Waals surface area contributed by atoms with Crippen LogP contribution in [0.25, 0.3) is 0 Å². The largest absolute Gasteiger partial charge is 0.387 e. The number of nitrogens with zero attached hydrogens (tertiary/aromatic N) is 2. The summed E-state index contributed by atoms with van der Waals surface area (Å²) in [6, 6.07) is 9.63. The zero-order valence-electron chi connectivity index (χ0n) is 12.7. The molecule has 4 nitrogen and oxygen atoms in total. The summed E-state index contributed by atoms with van der Waals surface area (Å²) in [6.45, 7) is 5.28. The van der Waals surface area contributed by atoms with Crippen molar-refractivity contribution in [1.29, 1.82) is 0 Å². The smallest absolute Gasteiger partial charge is 0.131 e. The summed E-state index contributed by atoms with van der Waals surface area (Å²) < 4.78 is 1.70. The van der Waals surface area contributed by atoms with Crippen molar-refractivity contribution >= 4 is 11.6 Å². The molecule has 1 aromatic carbocycles. The number of rotatable bonds is 6. The summed E-state index contributed by atoms with van der Waals surface area (Å²) in [4.78, 5) is 0.